The zero-order valence-corrected chi connectivity index (χ0v) is 19.6. The smallest absolute Gasteiger partial charge is 0.493 e. The van der Waals surface area contributed by atoms with E-state index >= 15 is 0 Å². The number of benzene rings is 2. The molecule has 190 valence electrons. The number of urea groups is 1. The Bertz CT molecular complexity index is 1180. The SMILES string of the molecule is COc1ccc(-c2ccc(N3CCN(C(=O)Nc4ccc(OC(F)(F)F)cc4)CC3)nn2)cc1OC. The highest BCUT2D eigenvalue weighted by atomic mass is 19.4. The number of nitrogens with zero attached hydrogens (tertiary/aromatic N) is 4. The maximum atomic E-state index is 12.6. The number of carbonyl (C=O) groups is 1. The van der Waals surface area contributed by atoms with Gasteiger partial charge in [0.2, 0.25) is 0 Å². The van der Waals surface area contributed by atoms with Crippen LogP contribution in [0.25, 0.3) is 11.3 Å². The minimum atomic E-state index is -4.77. The summed E-state index contributed by atoms with van der Waals surface area (Å²) in [4.78, 5) is 16.2. The quantitative estimate of drug-likeness (QED) is 0.533. The average molecular weight is 503 g/mol. The molecule has 1 N–H and O–H groups in total. The number of anilines is 2. The summed E-state index contributed by atoms with van der Waals surface area (Å²) < 4.78 is 51.3. The van der Waals surface area contributed by atoms with Crippen LogP contribution >= 0.6 is 0 Å². The summed E-state index contributed by atoms with van der Waals surface area (Å²) in [5.41, 5.74) is 1.89. The lowest BCUT2D eigenvalue weighted by atomic mass is 10.1. The number of hydrogen-bond acceptors (Lipinski definition) is 7. The summed E-state index contributed by atoms with van der Waals surface area (Å²) in [7, 11) is 3.14. The zero-order chi connectivity index (χ0) is 25.7. The molecular weight excluding hydrogens is 479 g/mol. The third-order valence-corrected chi connectivity index (χ3v) is 5.56. The van der Waals surface area contributed by atoms with Gasteiger partial charge in [0.05, 0.1) is 19.9 Å². The van der Waals surface area contributed by atoms with Gasteiger partial charge in [-0.3, -0.25) is 0 Å². The highest BCUT2D eigenvalue weighted by Crippen LogP contribution is 2.31. The Morgan fingerprint density at radius 2 is 1.58 bits per heavy atom. The number of aromatic nitrogens is 2. The Labute approximate surface area is 205 Å². The molecule has 2 aromatic carbocycles. The summed E-state index contributed by atoms with van der Waals surface area (Å²) in [5, 5.41) is 11.4. The number of amides is 2. The molecule has 0 spiro atoms. The van der Waals surface area contributed by atoms with Crippen LogP contribution in [0.3, 0.4) is 0 Å². The Balaban J connectivity index is 1.31. The summed E-state index contributed by atoms with van der Waals surface area (Å²) in [6.45, 7) is 1.99. The molecule has 12 heteroatoms. The van der Waals surface area contributed by atoms with Crippen LogP contribution in [-0.2, 0) is 0 Å². The van der Waals surface area contributed by atoms with E-state index in [9.17, 15) is 18.0 Å². The lowest BCUT2D eigenvalue weighted by Gasteiger charge is -2.35. The number of ether oxygens (including phenoxy) is 3. The number of piperazine rings is 1. The number of nitrogens with one attached hydrogen (secondary N) is 1. The van der Waals surface area contributed by atoms with Crippen molar-refractivity contribution in [3.63, 3.8) is 0 Å². The minimum Gasteiger partial charge on any atom is -0.493 e. The number of rotatable bonds is 6. The highest BCUT2D eigenvalue weighted by Gasteiger charge is 2.31. The van der Waals surface area contributed by atoms with E-state index in [2.05, 4.69) is 20.3 Å². The fourth-order valence-electron chi connectivity index (χ4n) is 3.72. The lowest BCUT2D eigenvalue weighted by Crippen LogP contribution is -2.50. The minimum absolute atomic E-state index is 0.339. The first-order valence-corrected chi connectivity index (χ1v) is 11.0. The number of carbonyl (C=O) groups excluding carboxylic acids is 1. The molecule has 3 aromatic rings. The van der Waals surface area contributed by atoms with Crippen LogP contribution in [0.1, 0.15) is 0 Å². The first kappa shape index (κ1) is 24.9. The van der Waals surface area contributed by atoms with Crippen molar-refractivity contribution < 1.29 is 32.2 Å². The van der Waals surface area contributed by atoms with Crippen molar-refractivity contribution >= 4 is 17.5 Å². The summed E-state index contributed by atoms with van der Waals surface area (Å²) in [6.07, 6.45) is -4.77. The van der Waals surface area contributed by atoms with E-state index < -0.39 is 6.36 Å². The first-order chi connectivity index (χ1) is 17.3. The maximum absolute atomic E-state index is 12.6. The largest absolute Gasteiger partial charge is 0.573 e. The van der Waals surface area contributed by atoms with Gasteiger partial charge >= 0.3 is 12.4 Å². The van der Waals surface area contributed by atoms with Gasteiger partial charge in [-0.15, -0.1) is 23.4 Å². The molecule has 9 nitrogen and oxygen atoms in total. The fraction of sp³-hybridized carbons (Fsp3) is 0.292. The second kappa shape index (κ2) is 10.6. The number of hydrogen-bond donors (Lipinski definition) is 1. The molecule has 1 aliphatic rings. The van der Waals surface area contributed by atoms with Gasteiger partial charge in [-0.1, -0.05) is 0 Å². The first-order valence-electron chi connectivity index (χ1n) is 11.0. The maximum Gasteiger partial charge on any atom is 0.573 e. The molecule has 4 rings (SSSR count). The molecule has 0 unspecified atom stereocenters. The van der Waals surface area contributed by atoms with E-state index in [1.807, 2.05) is 29.2 Å². The van der Waals surface area contributed by atoms with Crippen molar-refractivity contribution in [2.45, 2.75) is 6.36 Å². The Morgan fingerprint density at radius 1 is 0.889 bits per heavy atom. The van der Waals surface area contributed by atoms with E-state index in [-0.39, 0.29) is 11.8 Å². The number of halogens is 3. The van der Waals surface area contributed by atoms with Crippen LogP contribution in [0.2, 0.25) is 0 Å². The van der Waals surface area contributed by atoms with Crippen LogP contribution in [0.5, 0.6) is 17.2 Å². The molecule has 1 aromatic heterocycles. The monoisotopic (exact) mass is 503 g/mol. The number of methoxy groups -OCH3 is 2. The van der Waals surface area contributed by atoms with Crippen molar-refractivity contribution in [2.75, 3.05) is 50.6 Å². The van der Waals surface area contributed by atoms with E-state index in [1.165, 1.54) is 12.1 Å². The fourth-order valence-corrected chi connectivity index (χ4v) is 3.72. The normalized spacial score (nSPS) is 13.8. The third kappa shape index (κ3) is 6.06. The molecule has 2 amide bonds. The second-order valence-corrected chi connectivity index (χ2v) is 7.82. The number of alkyl halides is 3. The predicted molar refractivity (Wildman–Crippen MR) is 127 cm³/mol. The molecule has 1 aliphatic heterocycles. The van der Waals surface area contributed by atoms with Crippen LogP contribution in [0.4, 0.5) is 29.5 Å². The molecule has 2 heterocycles. The molecule has 0 atom stereocenters. The second-order valence-electron chi connectivity index (χ2n) is 7.82. The van der Waals surface area contributed by atoms with Crippen LogP contribution in [0, 0.1) is 0 Å². The van der Waals surface area contributed by atoms with Crippen molar-refractivity contribution in [3.05, 3.63) is 54.6 Å². The van der Waals surface area contributed by atoms with Gasteiger partial charge in [0.25, 0.3) is 0 Å². The summed E-state index contributed by atoms with van der Waals surface area (Å²) in [5.74, 6) is 1.56. The van der Waals surface area contributed by atoms with E-state index in [0.717, 1.165) is 17.7 Å². The predicted octanol–water partition coefficient (Wildman–Crippen LogP) is 4.41. The Hall–Kier alpha value is -4.22. The van der Waals surface area contributed by atoms with Crippen LogP contribution in [-0.4, -0.2) is 67.9 Å². The molecule has 0 aliphatic carbocycles. The van der Waals surface area contributed by atoms with Crippen molar-refractivity contribution in [1.82, 2.24) is 15.1 Å². The lowest BCUT2D eigenvalue weighted by molar-refractivity contribution is -0.274. The van der Waals surface area contributed by atoms with Crippen molar-refractivity contribution in [2.24, 2.45) is 0 Å². The molecule has 0 bridgehead atoms. The molecule has 36 heavy (non-hydrogen) atoms. The molecule has 0 radical (unpaired) electrons. The summed E-state index contributed by atoms with van der Waals surface area (Å²) in [6, 6.07) is 13.9. The van der Waals surface area contributed by atoms with Gasteiger partial charge in [-0.25, -0.2) is 4.79 Å². The van der Waals surface area contributed by atoms with Gasteiger partial charge in [-0.05, 0) is 54.6 Å². The van der Waals surface area contributed by atoms with Crippen LogP contribution in [0.15, 0.2) is 54.6 Å². The molecule has 0 saturated carbocycles. The van der Waals surface area contributed by atoms with Gasteiger partial charge < -0.3 is 29.3 Å². The van der Waals surface area contributed by atoms with Crippen molar-refractivity contribution in [1.29, 1.82) is 0 Å². The average Bonchev–Trinajstić information content (AvgIpc) is 2.88. The molecule has 1 saturated heterocycles. The van der Waals surface area contributed by atoms with Gasteiger partial charge in [0.15, 0.2) is 17.3 Å². The van der Waals surface area contributed by atoms with E-state index in [4.69, 9.17) is 9.47 Å². The zero-order valence-electron chi connectivity index (χ0n) is 19.6. The molecule has 1 fully saturated rings. The van der Waals surface area contributed by atoms with Crippen LogP contribution < -0.4 is 24.4 Å². The van der Waals surface area contributed by atoms with Crippen molar-refractivity contribution in [3.8, 4) is 28.5 Å². The Kier molecular flexibility index (Phi) is 7.32. The van der Waals surface area contributed by atoms with E-state index in [0.29, 0.717) is 54.9 Å². The summed E-state index contributed by atoms with van der Waals surface area (Å²) >= 11 is 0. The van der Waals surface area contributed by atoms with E-state index in [1.54, 1.807) is 25.2 Å². The molecular formula is C24H24F3N5O4. The van der Waals surface area contributed by atoms with Gasteiger partial charge in [-0.2, -0.15) is 0 Å². The van der Waals surface area contributed by atoms with Gasteiger partial charge in [0, 0.05) is 37.4 Å². The third-order valence-electron chi connectivity index (χ3n) is 5.56. The highest BCUT2D eigenvalue weighted by molar-refractivity contribution is 5.89. The Morgan fingerprint density at radius 3 is 2.17 bits per heavy atom. The topological polar surface area (TPSA) is 89.1 Å². The standard InChI is InChI=1S/C24H24F3N5O4/c1-34-20-9-3-16(15-21(20)35-2)19-8-10-22(30-29-19)31-11-13-32(14-12-31)23(33)28-17-4-6-18(7-5-17)36-24(25,26)27/h3-10,15H,11-14H2,1-2H3,(H,28,33). The van der Waals surface area contributed by atoms with Gasteiger partial charge in [0.1, 0.15) is 5.75 Å².